The predicted molar refractivity (Wildman–Crippen MR) is 75.4 cm³/mol. The molecule has 1 aliphatic rings. The third-order valence-corrected chi connectivity index (χ3v) is 3.55. The van der Waals surface area contributed by atoms with Gasteiger partial charge in [-0.3, -0.25) is 15.0 Å². The first-order valence-electron chi connectivity index (χ1n) is 7.22. The summed E-state index contributed by atoms with van der Waals surface area (Å²) in [5.41, 5.74) is -0.914. The minimum Gasteiger partial charge on any atom is -0.480 e. The van der Waals surface area contributed by atoms with E-state index in [-0.39, 0.29) is 12.1 Å². The lowest BCUT2D eigenvalue weighted by atomic mass is 10.00. The fraction of sp³-hybridized carbons (Fsp3) is 0.929. The Labute approximate surface area is 116 Å². The number of nitrogens with one attached hydrogen (secondary N) is 1. The van der Waals surface area contributed by atoms with Crippen LogP contribution in [0.2, 0.25) is 0 Å². The highest BCUT2D eigenvalue weighted by Crippen LogP contribution is 2.15. The van der Waals surface area contributed by atoms with Gasteiger partial charge in [0.2, 0.25) is 0 Å². The van der Waals surface area contributed by atoms with Crippen molar-refractivity contribution in [3.05, 3.63) is 0 Å². The van der Waals surface area contributed by atoms with Crippen molar-refractivity contribution < 1.29 is 14.6 Å². The van der Waals surface area contributed by atoms with Gasteiger partial charge in [0.05, 0.1) is 6.10 Å². The van der Waals surface area contributed by atoms with Gasteiger partial charge in [0, 0.05) is 25.7 Å². The topological polar surface area (TPSA) is 61.8 Å². The molecule has 2 atom stereocenters. The first kappa shape index (κ1) is 16.4. The van der Waals surface area contributed by atoms with E-state index in [4.69, 9.17) is 4.74 Å². The highest BCUT2D eigenvalue weighted by atomic mass is 16.5. The predicted octanol–water partition coefficient (Wildman–Crippen LogP) is 1.33. The number of rotatable bonds is 8. The highest BCUT2D eigenvalue weighted by molar-refractivity contribution is 5.78. The molecule has 2 unspecified atom stereocenters. The van der Waals surface area contributed by atoms with E-state index in [1.54, 1.807) is 6.92 Å². The fourth-order valence-electron chi connectivity index (χ4n) is 2.64. The van der Waals surface area contributed by atoms with Crippen molar-refractivity contribution in [2.75, 3.05) is 26.2 Å². The first-order valence-corrected chi connectivity index (χ1v) is 7.22. The van der Waals surface area contributed by atoms with Crippen LogP contribution in [0.25, 0.3) is 0 Å². The van der Waals surface area contributed by atoms with Gasteiger partial charge in [0.1, 0.15) is 5.54 Å². The molecule has 0 aromatic carbocycles. The van der Waals surface area contributed by atoms with Gasteiger partial charge in [0.15, 0.2) is 0 Å². The fourth-order valence-corrected chi connectivity index (χ4v) is 2.64. The molecule has 0 aromatic heterocycles. The quantitative estimate of drug-likeness (QED) is 0.698. The third kappa shape index (κ3) is 5.09. The van der Waals surface area contributed by atoms with Crippen LogP contribution in [0.5, 0.6) is 0 Å². The van der Waals surface area contributed by atoms with Crippen molar-refractivity contribution in [1.29, 1.82) is 0 Å². The molecule has 0 amide bonds. The van der Waals surface area contributed by atoms with Gasteiger partial charge >= 0.3 is 5.97 Å². The summed E-state index contributed by atoms with van der Waals surface area (Å²) in [4.78, 5) is 13.7. The second-order valence-corrected chi connectivity index (χ2v) is 5.90. The monoisotopic (exact) mass is 272 g/mol. The molecule has 1 rings (SSSR count). The molecule has 0 bridgehead atoms. The van der Waals surface area contributed by atoms with Gasteiger partial charge in [0.25, 0.3) is 0 Å². The van der Waals surface area contributed by atoms with Gasteiger partial charge in [-0.05, 0) is 40.2 Å². The van der Waals surface area contributed by atoms with E-state index < -0.39 is 11.5 Å². The van der Waals surface area contributed by atoms with Crippen LogP contribution in [-0.2, 0) is 9.53 Å². The highest BCUT2D eigenvalue weighted by Gasteiger charge is 2.35. The second kappa shape index (κ2) is 7.22. The Morgan fingerprint density at radius 1 is 1.58 bits per heavy atom. The Morgan fingerprint density at radius 3 is 2.68 bits per heavy atom. The maximum absolute atomic E-state index is 11.5. The molecule has 1 fully saturated rings. The standard InChI is InChI=1S/C14H28N2O3/c1-5-16(9-12-7-6-8-19-12)10-14(4,13(17)18)15-11(2)3/h11-12,15H,5-10H2,1-4H3,(H,17,18). The summed E-state index contributed by atoms with van der Waals surface area (Å²) >= 11 is 0. The van der Waals surface area contributed by atoms with Crippen molar-refractivity contribution in [3.8, 4) is 0 Å². The van der Waals surface area contributed by atoms with Crippen molar-refractivity contribution in [2.24, 2.45) is 0 Å². The van der Waals surface area contributed by atoms with E-state index in [9.17, 15) is 9.90 Å². The average Bonchev–Trinajstić information content (AvgIpc) is 2.79. The van der Waals surface area contributed by atoms with Crippen LogP contribution in [0.4, 0.5) is 0 Å². The van der Waals surface area contributed by atoms with Crippen LogP contribution in [0, 0.1) is 0 Å². The maximum atomic E-state index is 11.5. The molecule has 5 nitrogen and oxygen atoms in total. The Bertz CT molecular complexity index is 290. The van der Waals surface area contributed by atoms with Crippen molar-refractivity contribution in [3.63, 3.8) is 0 Å². The molecule has 112 valence electrons. The molecule has 2 N–H and O–H groups in total. The van der Waals surface area contributed by atoms with E-state index in [2.05, 4.69) is 17.1 Å². The van der Waals surface area contributed by atoms with E-state index in [1.807, 2.05) is 13.8 Å². The summed E-state index contributed by atoms with van der Waals surface area (Å²) in [5, 5.41) is 12.6. The molecule has 0 spiro atoms. The third-order valence-electron chi connectivity index (χ3n) is 3.55. The first-order chi connectivity index (χ1) is 8.87. The summed E-state index contributed by atoms with van der Waals surface area (Å²) in [7, 11) is 0. The Morgan fingerprint density at radius 2 is 2.26 bits per heavy atom. The van der Waals surface area contributed by atoms with Gasteiger partial charge < -0.3 is 9.84 Å². The summed E-state index contributed by atoms with van der Waals surface area (Å²) in [6.45, 7) is 10.7. The van der Waals surface area contributed by atoms with E-state index >= 15 is 0 Å². The molecule has 0 aliphatic carbocycles. The maximum Gasteiger partial charge on any atom is 0.324 e. The van der Waals surface area contributed by atoms with Crippen LogP contribution in [0.1, 0.15) is 40.5 Å². The SMILES string of the molecule is CCN(CC1CCCO1)CC(C)(NC(C)C)C(=O)O. The van der Waals surface area contributed by atoms with Gasteiger partial charge in [-0.2, -0.15) is 0 Å². The van der Waals surface area contributed by atoms with Crippen LogP contribution in [0.15, 0.2) is 0 Å². The largest absolute Gasteiger partial charge is 0.480 e. The molecule has 19 heavy (non-hydrogen) atoms. The van der Waals surface area contributed by atoms with Crippen LogP contribution in [-0.4, -0.2) is 59.9 Å². The molecule has 5 heteroatoms. The minimum absolute atomic E-state index is 0.141. The zero-order valence-corrected chi connectivity index (χ0v) is 12.6. The number of carboxylic acid groups (broad SMARTS) is 1. The smallest absolute Gasteiger partial charge is 0.324 e. The van der Waals surface area contributed by atoms with Crippen LogP contribution < -0.4 is 5.32 Å². The minimum atomic E-state index is -0.914. The number of carbonyl (C=O) groups is 1. The van der Waals surface area contributed by atoms with E-state index in [1.165, 1.54) is 0 Å². The number of nitrogens with zero attached hydrogens (tertiary/aromatic N) is 1. The van der Waals surface area contributed by atoms with Gasteiger partial charge in [-0.25, -0.2) is 0 Å². The summed E-state index contributed by atoms with van der Waals surface area (Å²) in [6, 6.07) is 0.141. The number of hydrogen-bond acceptors (Lipinski definition) is 4. The molecule has 0 saturated carbocycles. The van der Waals surface area contributed by atoms with E-state index in [0.717, 1.165) is 32.5 Å². The lowest BCUT2D eigenvalue weighted by molar-refractivity contribution is -0.145. The second-order valence-electron chi connectivity index (χ2n) is 5.90. The van der Waals surface area contributed by atoms with Crippen molar-refractivity contribution in [1.82, 2.24) is 10.2 Å². The molecular weight excluding hydrogens is 244 g/mol. The molecule has 0 aromatic rings. The molecular formula is C14H28N2O3. The number of carboxylic acids is 1. The van der Waals surface area contributed by atoms with Crippen LogP contribution >= 0.6 is 0 Å². The van der Waals surface area contributed by atoms with Crippen LogP contribution in [0.3, 0.4) is 0 Å². The summed E-state index contributed by atoms with van der Waals surface area (Å²) < 4.78 is 5.63. The van der Waals surface area contributed by atoms with Gasteiger partial charge in [-0.15, -0.1) is 0 Å². The molecule has 1 saturated heterocycles. The lowest BCUT2D eigenvalue weighted by Gasteiger charge is -2.35. The normalized spacial score (nSPS) is 22.9. The lowest BCUT2D eigenvalue weighted by Crippen LogP contribution is -2.59. The van der Waals surface area contributed by atoms with Crippen molar-refractivity contribution >= 4 is 5.97 Å². The number of likely N-dealkylation sites (N-methyl/N-ethyl adjacent to an activating group) is 1. The summed E-state index contributed by atoms with van der Waals surface area (Å²) in [5.74, 6) is -0.799. The van der Waals surface area contributed by atoms with E-state index in [0.29, 0.717) is 6.54 Å². The summed E-state index contributed by atoms with van der Waals surface area (Å²) in [6.07, 6.45) is 2.46. The van der Waals surface area contributed by atoms with Crippen molar-refractivity contribution in [2.45, 2.75) is 58.2 Å². The average molecular weight is 272 g/mol. The zero-order chi connectivity index (χ0) is 14.5. The number of ether oxygens (including phenoxy) is 1. The Kier molecular flexibility index (Phi) is 6.23. The molecule has 1 aliphatic heterocycles. The Balaban J connectivity index is 2.60. The Hall–Kier alpha value is -0.650. The zero-order valence-electron chi connectivity index (χ0n) is 12.6. The molecule has 0 radical (unpaired) electrons. The number of aliphatic carboxylic acids is 1. The number of hydrogen-bond donors (Lipinski definition) is 2. The van der Waals surface area contributed by atoms with Gasteiger partial charge in [-0.1, -0.05) is 6.92 Å². The molecule has 1 heterocycles.